The minimum Gasteiger partial charge on any atom is -0.383 e. The van der Waals surface area contributed by atoms with Crippen LogP contribution in [-0.2, 0) is 11.3 Å². The van der Waals surface area contributed by atoms with E-state index in [1.807, 2.05) is 0 Å². The molecule has 0 atom stereocenters. The normalized spacial score (nSPS) is 11.7. The molecule has 1 heterocycles. The van der Waals surface area contributed by atoms with Gasteiger partial charge in [-0.3, -0.25) is 4.79 Å². The molecule has 1 aromatic heterocycles. The molecule has 15 heavy (non-hydrogen) atoms. The van der Waals surface area contributed by atoms with Gasteiger partial charge in [0.2, 0.25) is 0 Å². The van der Waals surface area contributed by atoms with Crippen LogP contribution in [0.4, 0.5) is 13.2 Å². The van der Waals surface area contributed by atoms with Gasteiger partial charge in [0.05, 0.1) is 12.3 Å². The summed E-state index contributed by atoms with van der Waals surface area (Å²) < 4.78 is 42.3. The van der Waals surface area contributed by atoms with Crippen LogP contribution in [-0.4, -0.2) is 30.2 Å². The average molecular weight is 221 g/mol. The van der Waals surface area contributed by atoms with E-state index in [4.69, 9.17) is 4.74 Å². The summed E-state index contributed by atoms with van der Waals surface area (Å²) in [5.74, 6) is -1.83. The highest BCUT2D eigenvalue weighted by Crippen LogP contribution is 2.21. The molecule has 0 saturated heterocycles. The molecular formula is C9H10F3NO2. The zero-order valence-corrected chi connectivity index (χ0v) is 8.04. The van der Waals surface area contributed by atoms with E-state index in [0.717, 1.165) is 6.07 Å². The van der Waals surface area contributed by atoms with Crippen molar-refractivity contribution in [2.75, 3.05) is 13.7 Å². The van der Waals surface area contributed by atoms with Crippen LogP contribution >= 0.6 is 0 Å². The number of carbonyl (C=O) groups is 1. The molecule has 0 saturated carbocycles. The molecule has 6 heteroatoms. The summed E-state index contributed by atoms with van der Waals surface area (Å²) in [7, 11) is 1.44. The van der Waals surface area contributed by atoms with Crippen LogP contribution in [0.1, 0.15) is 10.5 Å². The number of ether oxygens (including phenoxy) is 1. The van der Waals surface area contributed by atoms with Crippen molar-refractivity contribution in [3.8, 4) is 0 Å². The number of nitrogens with zero attached hydrogens (tertiary/aromatic N) is 1. The van der Waals surface area contributed by atoms with Crippen molar-refractivity contribution in [2.24, 2.45) is 0 Å². The first-order valence-electron chi connectivity index (χ1n) is 4.22. The Labute approximate surface area is 84.4 Å². The minimum absolute atomic E-state index is 0.223. The molecule has 0 unspecified atom stereocenters. The van der Waals surface area contributed by atoms with Crippen molar-refractivity contribution in [1.29, 1.82) is 0 Å². The molecule has 1 aromatic rings. The van der Waals surface area contributed by atoms with Crippen LogP contribution in [0.5, 0.6) is 0 Å². The number of rotatable bonds is 4. The molecule has 0 radical (unpaired) electrons. The van der Waals surface area contributed by atoms with Gasteiger partial charge in [-0.05, 0) is 12.1 Å². The third-order valence-corrected chi connectivity index (χ3v) is 1.86. The van der Waals surface area contributed by atoms with Gasteiger partial charge >= 0.3 is 6.18 Å². The third kappa shape index (κ3) is 2.82. The summed E-state index contributed by atoms with van der Waals surface area (Å²) in [4.78, 5) is 10.9. The quantitative estimate of drug-likeness (QED) is 0.727. The average Bonchev–Trinajstić information content (AvgIpc) is 2.59. The number of methoxy groups -OCH3 is 1. The molecule has 1 rings (SSSR count). The molecular weight excluding hydrogens is 211 g/mol. The lowest BCUT2D eigenvalue weighted by atomic mass is 10.3. The Balaban J connectivity index is 2.85. The van der Waals surface area contributed by atoms with E-state index >= 15 is 0 Å². The van der Waals surface area contributed by atoms with E-state index in [0.29, 0.717) is 0 Å². The number of hydrogen-bond donors (Lipinski definition) is 0. The molecule has 0 aliphatic carbocycles. The predicted octanol–water partition coefficient (Wildman–Crippen LogP) is 1.88. The Morgan fingerprint density at radius 2 is 2.20 bits per heavy atom. The summed E-state index contributed by atoms with van der Waals surface area (Å²) in [6.45, 7) is 0.480. The van der Waals surface area contributed by atoms with Crippen LogP contribution < -0.4 is 0 Å². The lowest BCUT2D eigenvalue weighted by Gasteiger charge is -2.09. The Bertz CT molecular complexity index is 343. The number of carbonyl (C=O) groups excluding carboxylic acids is 1. The smallest absolute Gasteiger partial charge is 0.383 e. The SMILES string of the molecule is COCCn1cccc1C(=O)C(F)(F)F. The Kier molecular flexibility index (Phi) is 3.52. The van der Waals surface area contributed by atoms with Crippen molar-refractivity contribution in [2.45, 2.75) is 12.7 Å². The zero-order valence-electron chi connectivity index (χ0n) is 8.04. The maximum Gasteiger partial charge on any atom is 0.456 e. The number of halogens is 3. The van der Waals surface area contributed by atoms with Gasteiger partial charge in [-0.25, -0.2) is 0 Å². The van der Waals surface area contributed by atoms with Gasteiger partial charge in [0.15, 0.2) is 0 Å². The lowest BCUT2D eigenvalue weighted by molar-refractivity contribution is -0.0890. The molecule has 84 valence electrons. The highest BCUT2D eigenvalue weighted by Gasteiger charge is 2.40. The van der Waals surface area contributed by atoms with Gasteiger partial charge in [-0.2, -0.15) is 13.2 Å². The van der Waals surface area contributed by atoms with Gasteiger partial charge in [0, 0.05) is 19.9 Å². The first-order valence-corrected chi connectivity index (χ1v) is 4.22. The second-order valence-corrected chi connectivity index (χ2v) is 2.91. The van der Waals surface area contributed by atoms with Crippen molar-refractivity contribution >= 4 is 5.78 Å². The number of alkyl halides is 3. The second kappa shape index (κ2) is 4.48. The fourth-order valence-corrected chi connectivity index (χ4v) is 1.15. The Hall–Kier alpha value is -1.30. The standard InChI is InChI=1S/C9H10F3NO2/c1-15-6-5-13-4-2-3-7(13)8(14)9(10,11)12/h2-4H,5-6H2,1H3. The molecule has 0 N–H and O–H groups in total. The number of aromatic nitrogens is 1. The van der Waals surface area contributed by atoms with E-state index in [1.165, 1.54) is 23.9 Å². The third-order valence-electron chi connectivity index (χ3n) is 1.86. The lowest BCUT2D eigenvalue weighted by Crippen LogP contribution is -2.25. The molecule has 0 aliphatic rings. The molecule has 0 aromatic carbocycles. The van der Waals surface area contributed by atoms with E-state index in [2.05, 4.69) is 0 Å². The van der Waals surface area contributed by atoms with E-state index < -0.39 is 12.0 Å². The maximum absolute atomic E-state index is 12.1. The van der Waals surface area contributed by atoms with Gasteiger partial charge in [0.1, 0.15) is 0 Å². The van der Waals surface area contributed by atoms with Crippen LogP contribution in [0.25, 0.3) is 0 Å². The van der Waals surface area contributed by atoms with Crippen LogP contribution in [0.3, 0.4) is 0 Å². The van der Waals surface area contributed by atoms with Crippen LogP contribution in [0.15, 0.2) is 18.3 Å². The Morgan fingerprint density at radius 1 is 1.53 bits per heavy atom. The number of Topliss-reactive ketones (excluding diaryl/α,β-unsaturated/α-hetero) is 1. The first-order chi connectivity index (χ1) is 6.96. The number of hydrogen-bond acceptors (Lipinski definition) is 2. The van der Waals surface area contributed by atoms with Crippen molar-refractivity contribution in [3.63, 3.8) is 0 Å². The van der Waals surface area contributed by atoms with E-state index in [9.17, 15) is 18.0 Å². The van der Waals surface area contributed by atoms with Crippen LogP contribution in [0, 0.1) is 0 Å². The summed E-state index contributed by atoms with van der Waals surface area (Å²) in [6, 6.07) is 2.54. The van der Waals surface area contributed by atoms with Crippen molar-refractivity contribution in [3.05, 3.63) is 24.0 Å². The molecule has 0 amide bonds. The fourth-order valence-electron chi connectivity index (χ4n) is 1.15. The predicted molar refractivity (Wildman–Crippen MR) is 46.7 cm³/mol. The van der Waals surface area contributed by atoms with Gasteiger partial charge in [-0.1, -0.05) is 0 Å². The fraction of sp³-hybridized carbons (Fsp3) is 0.444. The molecule has 0 bridgehead atoms. The summed E-state index contributed by atoms with van der Waals surface area (Å²) in [5, 5.41) is 0. The number of ketones is 1. The maximum atomic E-state index is 12.1. The van der Waals surface area contributed by atoms with Crippen LogP contribution in [0.2, 0.25) is 0 Å². The van der Waals surface area contributed by atoms with Gasteiger partial charge in [0.25, 0.3) is 5.78 Å². The minimum atomic E-state index is -4.83. The van der Waals surface area contributed by atoms with Crippen molar-refractivity contribution in [1.82, 2.24) is 4.57 Å². The summed E-state index contributed by atoms with van der Waals surface area (Å²) in [6.07, 6.45) is -3.42. The molecule has 0 fully saturated rings. The Morgan fingerprint density at radius 3 is 2.73 bits per heavy atom. The highest BCUT2D eigenvalue weighted by atomic mass is 19.4. The zero-order chi connectivity index (χ0) is 11.5. The van der Waals surface area contributed by atoms with E-state index in [1.54, 1.807) is 0 Å². The second-order valence-electron chi connectivity index (χ2n) is 2.91. The monoisotopic (exact) mass is 221 g/mol. The highest BCUT2D eigenvalue weighted by molar-refractivity contribution is 5.98. The molecule has 0 aliphatic heterocycles. The van der Waals surface area contributed by atoms with Crippen molar-refractivity contribution < 1.29 is 22.7 Å². The van der Waals surface area contributed by atoms with Gasteiger partial charge in [-0.15, -0.1) is 0 Å². The first kappa shape index (κ1) is 11.8. The topological polar surface area (TPSA) is 31.2 Å². The molecule has 3 nitrogen and oxygen atoms in total. The van der Waals surface area contributed by atoms with Gasteiger partial charge < -0.3 is 9.30 Å². The molecule has 0 spiro atoms. The largest absolute Gasteiger partial charge is 0.456 e. The summed E-state index contributed by atoms with van der Waals surface area (Å²) in [5.41, 5.74) is -0.362. The summed E-state index contributed by atoms with van der Waals surface area (Å²) >= 11 is 0. The van der Waals surface area contributed by atoms with E-state index in [-0.39, 0.29) is 18.8 Å².